The molecule has 1 aliphatic carbocycles. The fourth-order valence-electron chi connectivity index (χ4n) is 4.06. The van der Waals surface area contributed by atoms with E-state index in [-0.39, 0.29) is 11.6 Å². The van der Waals surface area contributed by atoms with Crippen LogP contribution in [-0.2, 0) is 4.74 Å². The number of carboxylic acid groups (broad SMARTS) is 1. The van der Waals surface area contributed by atoms with Gasteiger partial charge in [-0.1, -0.05) is 36.8 Å². The van der Waals surface area contributed by atoms with E-state index in [9.17, 15) is 9.90 Å². The van der Waals surface area contributed by atoms with Gasteiger partial charge >= 0.3 is 5.97 Å². The molecule has 1 saturated carbocycles. The summed E-state index contributed by atoms with van der Waals surface area (Å²) in [5.74, 6) is -0.540. The van der Waals surface area contributed by atoms with Gasteiger partial charge in [0.1, 0.15) is 5.82 Å². The molecule has 0 spiro atoms. The average molecular weight is 459 g/mol. The molecule has 0 unspecified atom stereocenters. The molecule has 0 saturated heterocycles. The SMILES string of the molecule is COCCN(C)c1ccc(-c2cc(C(=O)O)nc(Nc3ccccc3)c2C(=N)C2CCC2)cc1. The summed E-state index contributed by atoms with van der Waals surface area (Å²) in [6, 6.07) is 19.1. The number of ether oxygens (including phenoxy) is 1. The van der Waals surface area contributed by atoms with E-state index in [0.29, 0.717) is 29.3 Å². The average Bonchev–Trinajstić information content (AvgIpc) is 2.81. The van der Waals surface area contributed by atoms with Crippen molar-refractivity contribution in [2.75, 3.05) is 37.5 Å². The van der Waals surface area contributed by atoms with Crippen molar-refractivity contribution in [3.8, 4) is 11.1 Å². The largest absolute Gasteiger partial charge is 0.477 e. The lowest BCUT2D eigenvalue weighted by molar-refractivity contribution is 0.0690. The molecule has 0 bridgehead atoms. The Balaban J connectivity index is 1.81. The zero-order chi connectivity index (χ0) is 24.1. The number of pyridine rings is 1. The standard InChI is InChI=1S/C27H30N4O3/c1-31(15-16-34-2)21-13-11-18(12-14-21)22-17-23(27(32)33)30-26(29-20-9-4-3-5-10-20)24(22)25(28)19-7-6-8-19/h3-5,9-14,17,19,28H,6-8,15-16H2,1-2H3,(H,29,30)(H,32,33). The van der Waals surface area contributed by atoms with Crippen LogP contribution in [0.4, 0.5) is 17.2 Å². The van der Waals surface area contributed by atoms with Crippen molar-refractivity contribution in [3.05, 3.63) is 71.9 Å². The first-order valence-corrected chi connectivity index (χ1v) is 11.5. The van der Waals surface area contributed by atoms with Gasteiger partial charge in [0.2, 0.25) is 0 Å². The maximum atomic E-state index is 12.0. The van der Waals surface area contributed by atoms with E-state index < -0.39 is 5.97 Å². The first-order valence-electron chi connectivity index (χ1n) is 11.5. The zero-order valence-electron chi connectivity index (χ0n) is 19.5. The fourth-order valence-corrected chi connectivity index (χ4v) is 4.06. The van der Waals surface area contributed by atoms with Crippen LogP contribution in [-0.4, -0.2) is 49.1 Å². The monoisotopic (exact) mass is 458 g/mol. The highest BCUT2D eigenvalue weighted by Gasteiger charge is 2.29. The second-order valence-corrected chi connectivity index (χ2v) is 8.58. The summed E-state index contributed by atoms with van der Waals surface area (Å²) in [6.07, 6.45) is 3.03. The first kappa shape index (κ1) is 23.4. The highest BCUT2D eigenvalue weighted by atomic mass is 16.5. The molecule has 3 N–H and O–H groups in total. The summed E-state index contributed by atoms with van der Waals surface area (Å²) >= 11 is 0. The van der Waals surface area contributed by atoms with Gasteiger partial charge in [0.15, 0.2) is 5.69 Å². The number of aromatic carboxylic acids is 1. The van der Waals surface area contributed by atoms with Gasteiger partial charge in [-0.15, -0.1) is 0 Å². The van der Waals surface area contributed by atoms with E-state index in [1.165, 1.54) is 0 Å². The number of para-hydroxylation sites is 1. The van der Waals surface area contributed by atoms with E-state index in [2.05, 4.69) is 15.2 Å². The quantitative estimate of drug-likeness (QED) is 0.350. The lowest BCUT2D eigenvalue weighted by Gasteiger charge is -2.28. The van der Waals surface area contributed by atoms with Crippen molar-refractivity contribution in [1.29, 1.82) is 5.41 Å². The number of methoxy groups -OCH3 is 1. The van der Waals surface area contributed by atoms with Crippen LogP contribution in [0.5, 0.6) is 0 Å². The smallest absolute Gasteiger partial charge is 0.354 e. The molecule has 0 atom stereocenters. The molecule has 176 valence electrons. The first-order chi connectivity index (χ1) is 16.5. The summed E-state index contributed by atoms with van der Waals surface area (Å²) in [5, 5.41) is 22.1. The lowest BCUT2D eigenvalue weighted by atomic mass is 9.78. The second kappa shape index (κ2) is 10.5. The number of carboxylic acids is 1. The number of rotatable bonds is 10. The van der Waals surface area contributed by atoms with Crippen LogP contribution >= 0.6 is 0 Å². The summed E-state index contributed by atoms with van der Waals surface area (Å²) < 4.78 is 5.17. The Bertz CT molecular complexity index is 1160. The molecule has 1 heterocycles. The van der Waals surface area contributed by atoms with Gasteiger partial charge < -0.3 is 25.5 Å². The van der Waals surface area contributed by atoms with Gasteiger partial charge in [-0.05, 0) is 54.3 Å². The maximum absolute atomic E-state index is 12.0. The van der Waals surface area contributed by atoms with Gasteiger partial charge in [-0.2, -0.15) is 0 Å². The normalized spacial score (nSPS) is 13.2. The van der Waals surface area contributed by atoms with Crippen LogP contribution in [0.15, 0.2) is 60.7 Å². The highest BCUT2D eigenvalue weighted by Crippen LogP contribution is 2.38. The molecular formula is C27H30N4O3. The Labute approximate surface area is 199 Å². The third-order valence-corrected chi connectivity index (χ3v) is 6.31. The topological polar surface area (TPSA) is 98.5 Å². The Kier molecular flexibility index (Phi) is 7.23. The molecule has 7 nitrogen and oxygen atoms in total. The van der Waals surface area contributed by atoms with E-state index in [0.717, 1.165) is 42.7 Å². The van der Waals surface area contributed by atoms with Crippen LogP contribution in [0.2, 0.25) is 0 Å². The van der Waals surface area contributed by atoms with Crippen molar-refractivity contribution < 1.29 is 14.6 Å². The Hall–Kier alpha value is -3.71. The lowest BCUT2D eigenvalue weighted by Crippen LogP contribution is -2.24. The van der Waals surface area contributed by atoms with Crippen molar-refractivity contribution >= 4 is 28.9 Å². The van der Waals surface area contributed by atoms with Crippen molar-refractivity contribution in [3.63, 3.8) is 0 Å². The van der Waals surface area contributed by atoms with Crippen LogP contribution in [0.25, 0.3) is 11.1 Å². The third-order valence-electron chi connectivity index (χ3n) is 6.31. The number of hydrogen-bond donors (Lipinski definition) is 3. The van der Waals surface area contributed by atoms with Crippen LogP contribution < -0.4 is 10.2 Å². The minimum atomic E-state index is -1.10. The second-order valence-electron chi connectivity index (χ2n) is 8.58. The molecule has 1 aromatic heterocycles. The van der Waals surface area contributed by atoms with Gasteiger partial charge in [-0.25, -0.2) is 9.78 Å². The molecule has 1 aliphatic rings. The van der Waals surface area contributed by atoms with Gasteiger partial charge in [0, 0.05) is 49.3 Å². The minimum absolute atomic E-state index is 0.0557. The van der Waals surface area contributed by atoms with Crippen molar-refractivity contribution in [2.24, 2.45) is 5.92 Å². The van der Waals surface area contributed by atoms with Crippen molar-refractivity contribution in [1.82, 2.24) is 4.98 Å². The molecule has 4 rings (SSSR count). The Morgan fingerprint density at radius 1 is 1.18 bits per heavy atom. The van der Waals surface area contributed by atoms with Crippen LogP contribution in [0.3, 0.4) is 0 Å². The number of aromatic nitrogens is 1. The van der Waals surface area contributed by atoms with E-state index in [1.807, 2.05) is 61.6 Å². The summed E-state index contributed by atoms with van der Waals surface area (Å²) in [5.41, 5.74) is 4.50. The zero-order valence-corrected chi connectivity index (χ0v) is 19.5. The summed E-state index contributed by atoms with van der Waals surface area (Å²) in [6.45, 7) is 1.39. The number of carbonyl (C=O) groups is 1. The predicted octanol–water partition coefficient (Wildman–Crippen LogP) is 5.44. The van der Waals surface area contributed by atoms with E-state index in [4.69, 9.17) is 10.1 Å². The molecule has 34 heavy (non-hydrogen) atoms. The Morgan fingerprint density at radius 2 is 1.88 bits per heavy atom. The van der Waals surface area contributed by atoms with Crippen molar-refractivity contribution in [2.45, 2.75) is 19.3 Å². The fraction of sp³-hybridized carbons (Fsp3) is 0.296. The maximum Gasteiger partial charge on any atom is 0.354 e. The predicted molar refractivity (Wildman–Crippen MR) is 136 cm³/mol. The molecule has 1 fully saturated rings. The van der Waals surface area contributed by atoms with Crippen LogP contribution in [0, 0.1) is 11.3 Å². The molecular weight excluding hydrogens is 428 g/mol. The van der Waals surface area contributed by atoms with Gasteiger partial charge in [-0.3, -0.25) is 0 Å². The van der Waals surface area contributed by atoms with Gasteiger partial charge in [0.25, 0.3) is 0 Å². The molecule has 0 amide bonds. The molecule has 0 radical (unpaired) electrons. The Morgan fingerprint density at radius 3 is 2.47 bits per heavy atom. The number of likely N-dealkylation sites (N-methyl/N-ethyl adjacent to an activating group) is 1. The van der Waals surface area contributed by atoms with Gasteiger partial charge in [0.05, 0.1) is 6.61 Å². The third kappa shape index (κ3) is 5.10. The molecule has 2 aromatic carbocycles. The molecule has 3 aromatic rings. The van der Waals surface area contributed by atoms with Crippen LogP contribution in [0.1, 0.15) is 35.3 Å². The number of benzene rings is 2. The number of nitrogens with one attached hydrogen (secondary N) is 2. The highest BCUT2D eigenvalue weighted by molar-refractivity contribution is 6.10. The van der Waals surface area contributed by atoms with E-state index >= 15 is 0 Å². The summed E-state index contributed by atoms with van der Waals surface area (Å²) in [4.78, 5) is 18.5. The number of nitrogens with zero attached hydrogens (tertiary/aromatic N) is 2. The molecule has 0 aliphatic heterocycles. The number of hydrogen-bond acceptors (Lipinski definition) is 6. The number of anilines is 3. The molecule has 7 heteroatoms. The van der Waals surface area contributed by atoms with E-state index in [1.54, 1.807) is 13.2 Å². The minimum Gasteiger partial charge on any atom is -0.477 e. The summed E-state index contributed by atoms with van der Waals surface area (Å²) in [7, 11) is 3.68.